The number of benzene rings is 1. The van der Waals surface area contributed by atoms with E-state index in [4.69, 9.17) is 11.6 Å². The Kier molecular flexibility index (Phi) is 6.29. The van der Waals surface area contributed by atoms with Gasteiger partial charge >= 0.3 is 0 Å². The SMILES string of the molecule is CCc1nnc(SCC(=O)Nc2nc(-c3ccc(Cl)cc3)cs2)n1CC. The van der Waals surface area contributed by atoms with Gasteiger partial charge in [0.25, 0.3) is 0 Å². The van der Waals surface area contributed by atoms with Crippen LogP contribution in [0.15, 0.2) is 34.8 Å². The summed E-state index contributed by atoms with van der Waals surface area (Å²) >= 11 is 8.68. The average molecular weight is 408 g/mol. The molecule has 0 fully saturated rings. The predicted octanol–water partition coefficient (Wildman–Crippen LogP) is 4.37. The largest absolute Gasteiger partial charge is 0.306 e. The van der Waals surface area contributed by atoms with Gasteiger partial charge in [0.15, 0.2) is 10.3 Å². The van der Waals surface area contributed by atoms with Gasteiger partial charge in [-0.25, -0.2) is 4.98 Å². The van der Waals surface area contributed by atoms with E-state index in [-0.39, 0.29) is 11.7 Å². The van der Waals surface area contributed by atoms with Gasteiger partial charge < -0.3 is 9.88 Å². The lowest BCUT2D eigenvalue weighted by Crippen LogP contribution is -2.14. The standard InChI is InChI=1S/C17H18ClN5OS2/c1-3-14-21-22-17(23(14)4-2)26-10-15(24)20-16-19-13(9-25-16)11-5-7-12(18)8-6-11/h5-9H,3-4,10H2,1-2H3,(H,19,20,24). The van der Waals surface area contributed by atoms with Crippen LogP contribution in [0.5, 0.6) is 0 Å². The van der Waals surface area contributed by atoms with Crippen molar-refractivity contribution in [2.45, 2.75) is 32.0 Å². The number of nitrogens with zero attached hydrogens (tertiary/aromatic N) is 4. The summed E-state index contributed by atoms with van der Waals surface area (Å²) in [6.45, 7) is 4.87. The first-order chi connectivity index (χ1) is 12.6. The molecular weight excluding hydrogens is 390 g/mol. The first-order valence-electron chi connectivity index (χ1n) is 8.16. The molecule has 0 radical (unpaired) electrons. The molecule has 1 aromatic carbocycles. The molecule has 3 rings (SSSR count). The van der Waals surface area contributed by atoms with Crippen LogP contribution in [0.4, 0.5) is 5.13 Å². The Morgan fingerprint density at radius 1 is 1.27 bits per heavy atom. The molecule has 0 bridgehead atoms. The first kappa shape index (κ1) is 18.9. The molecule has 0 unspecified atom stereocenters. The van der Waals surface area contributed by atoms with Crippen LogP contribution in [0.25, 0.3) is 11.3 Å². The number of thiazole rings is 1. The highest BCUT2D eigenvalue weighted by molar-refractivity contribution is 7.99. The van der Waals surface area contributed by atoms with Crippen LogP contribution >= 0.6 is 34.7 Å². The quantitative estimate of drug-likeness (QED) is 0.589. The molecule has 0 saturated heterocycles. The second-order valence-electron chi connectivity index (χ2n) is 5.38. The Morgan fingerprint density at radius 2 is 2.04 bits per heavy atom. The molecule has 0 aliphatic carbocycles. The third kappa shape index (κ3) is 4.44. The van der Waals surface area contributed by atoms with Gasteiger partial charge in [-0.05, 0) is 19.1 Å². The lowest BCUT2D eigenvalue weighted by atomic mass is 10.2. The molecule has 1 N–H and O–H groups in total. The molecule has 1 amide bonds. The van der Waals surface area contributed by atoms with E-state index in [1.807, 2.05) is 48.1 Å². The van der Waals surface area contributed by atoms with Gasteiger partial charge in [0.2, 0.25) is 5.91 Å². The number of carbonyl (C=O) groups excluding carboxylic acids is 1. The first-order valence-corrected chi connectivity index (χ1v) is 10.4. The molecule has 3 aromatic rings. The van der Waals surface area contributed by atoms with Crippen molar-refractivity contribution in [3.8, 4) is 11.3 Å². The Bertz CT molecular complexity index is 891. The maximum absolute atomic E-state index is 12.2. The van der Waals surface area contributed by atoms with Gasteiger partial charge in [-0.2, -0.15) is 0 Å². The van der Waals surface area contributed by atoms with Crippen molar-refractivity contribution in [1.29, 1.82) is 0 Å². The van der Waals surface area contributed by atoms with E-state index in [1.54, 1.807) is 0 Å². The van der Waals surface area contributed by atoms with Crippen LogP contribution in [0.3, 0.4) is 0 Å². The number of anilines is 1. The lowest BCUT2D eigenvalue weighted by Gasteiger charge is -2.05. The fourth-order valence-corrected chi connectivity index (χ4v) is 4.06. The number of carbonyl (C=O) groups is 1. The summed E-state index contributed by atoms with van der Waals surface area (Å²) < 4.78 is 2.03. The van der Waals surface area contributed by atoms with Gasteiger partial charge in [-0.3, -0.25) is 4.79 Å². The van der Waals surface area contributed by atoms with Gasteiger partial charge in [-0.15, -0.1) is 21.5 Å². The number of halogens is 1. The normalized spacial score (nSPS) is 10.9. The second kappa shape index (κ2) is 8.66. The van der Waals surface area contributed by atoms with Gasteiger partial charge in [0, 0.05) is 28.9 Å². The number of rotatable bonds is 7. The molecule has 0 aliphatic heterocycles. The van der Waals surface area contributed by atoms with Crippen molar-refractivity contribution < 1.29 is 4.79 Å². The molecule has 0 aliphatic rings. The summed E-state index contributed by atoms with van der Waals surface area (Å²) in [6, 6.07) is 7.45. The second-order valence-corrected chi connectivity index (χ2v) is 7.62. The van der Waals surface area contributed by atoms with Gasteiger partial charge in [0.1, 0.15) is 5.82 Å². The molecular formula is C17H18ClN5OS2. The van der Waals surface area contributed by atoms with Crippen molar-refractivity contribution in [3.05, 3.63) is 40.5 Å². The third-order valence-electron chi connectivity index (χ3n) is 3.65. The van der Waals surface area contributed by atoms with E-state index in [9.17, 15) is 4.79 Å². The highest BCUT2D eigenvalue weighted by Crippen LogP contribution is 2.26. The minimum Gasteiger partial charge on any atom is -0.306 e. The molecule has 0 spiro atoms. The van der Waals surface area contributed by atoms with E-state index in [0.717, 1.165) is 35.2 Å². The number of hydrogen-bond acceptors (Lipinski definition) is 6. The summed E-state index contributed by atoms with van der Waals surface area (Å²) in [4.78, 5) is 16.7. The van der Waals surface area contributed by atoms with Gasteiger partial charge in [0.05, 0.1) is 11.4 Å². The molecule has 136 valence electrons. The summed E-state index contributed by atoms with van der Waals surface area (Å²) in [7, 11) is 0. The summed E-state index contributed by atoms with van der Waals surface area (Å²) in [5.41, 5.74) is 1.77. The lowest BCUT2D eigenvalue weighted by molar-refractivity contribution is -0.113. The smallest absolute Gasteiger partial charge is 0.236 e. The molecule has 26 heavy (non-hydrogen) atoms. The van der Waals surface area contributed by atoms with Crippen molar-refractivity contribution in [1.82, 2.24) is 19.7 Å². The average Bonchev–Trinajstić information content (AvgIpc) is 3.26. The molecule has 6 nitrogen and oxygen atoms in total. The van der Waals surface area contributed by atoms with E-state index in [1.165, 1.54) is 23.1 Å². The summed E-state index contributed by atoms with van der Waals surface area (Å²) in [5, 5.41) is 15.1. The molecule has 0 saturated carbocycles. The minimum atomic E-state index is -0.115. The zero-order chi connectivity index (χ0) is 18.5. The van der Waals surface area contributed by atoms with Gasteiger partial charge in [-0.1, -0.05) is 42.4 Å². The van der Waals surface area contributed by atoms with Crippen LogP contribution in [0, 0.1) is 0 Å². The van der Waals surface area contributed by atoms with E-state index in [2.05, 4.69) is 20.5 Å². The molecule has 2 aromatic heterocycles. The Morgan fingerprint density at radius 3 is 2.73 bits per heavy atom. The molecule has 9 heteroatoms. The Labute approximate surface area is 165 Å². The fourth-order valence-electron chi connectivity index (χ4n) is 2.37. The third-order valence-corrected chi connectivity index (χ3v) is 5.63. The monoisotopic (exact) mass is 407 g/mol. The van der Waals surface area contributed by atoms with Crippen molar-refractivity contribution >= 4 is 45.7 Å². The molecule has 2 heterocycles. The summed E-state index contributed by atoms with van der Waals surface area (Å²) in [5.74, 6) is 1.08. The van der Waals surface area contributed by atoms with Crippen molar-refractivity contribution in [2.24, 2.45) is 0 Å². The van der Waals surface area contributed by atoms with Crippen LogP contribution in [0.1, 0.15) is 19.7 Å². The maximum Gasteiger partial charge on any atom is 0.236 e. The van der Waals surface area contributed by atoms with Crippen molar-refractivity contribution in [3.63, 3.8) is 0 Å². The van der Waals surface area contributed by atoms with E-state index < -0.39 is 0 Å². The zero-order valence-corrected chi connectivity index (χ0v) is 16.8. The minimum absolute atomic E-state index is 0.115. The summed E-state index contributed by atoms with van der Waals surface area (Å²) in [6.07, 6.45) is 0.820. The van der Waals surface area contributed by atoms with Crippen LogP contribution < -0.4 is 5.32 Å². The van der Waals surface area contributed by atoms with E-state index in [0.29, 0.717) is 10.2 Å². The number of aromatic nitrogens is 4. The van der Waals surface area contributed by atoms with Crippen molar-refractivity contribution in [2.75, 3.05) is 11.1 Å². The number of aryl methyl sites for hydroxylation is 1. The topological polar surface area (TPSA) is 72.7 Å². The Hall–Kier alpha value is -1.90. The number of hydrogen-bond donors (Lipinski definition) is 1. The zero-order valence-electron chi connectivity index (χ0n) is 14.4. The number of nitrogens with one attached hydrogen (secondary N) is 1. The highest BCUT2D eigenvalue weighted by atomic mass is 35.5. The number of thioether (sulfide) groups is 1. The van der Waals surface area contributed by atoms with Crippen LogP contribution in [0.2, 0.25) is 5.02 Å². The molecule has 0 atom stereocenters. The van der Waals surface area contributed by atoms with Crippen LogP contribution in [-0.4, -0.2) is 31.4 Å². The fraction of sp³-hybridized carbons (Fsp3) is 0.294. The Balaban J connectivity index is 1.59. The number of amides is 1. The maximum atomic E-state index is 12.2. The predicted molar refractivity (Wildman–Crippen MR) is 107 cm³/mol. The van der Waals surface area contributed by atoms with Crippen LogP contribution in [-0.2, 0) is 17.8 Å². The van der Waals surface area contributed by atoms with E-state index >= 15 is 0 Å². The highest BCUT2D eigenvalue weighted by Gasteiger charge is 2.13.